The summed E-state index contributed by atoms with van der Waals surface area (Å²) in [4.78, 5) is 40.5. The molecule has 3 atom stereocenters. The molecule has 0 spiro atoms. The monoisotopic (exact) mass is 417 g/mol. The fraction of sp³-hybridized carbons (Fsp3) is 0.545. The average molecular weight is 418 g/mol. The standard InChI is InChI=1S/C20H28N2O5.C2H3N/c1-13(11-17(24)26-5)21-16(23)12-15-20(2,3)18(22(4)19(25)27-15)14-9-7-6-8-10-14;1-3-2/h6-10,13,15,18H,11-12H2,1-5H3,(H,21,23);1H3. The van der Waals surface area contributed by atoms with Crippen molar-refractivity contribution in [2.24, 2.45) is 5.41 Å². The van der Waals surface area contributed by atoms with Crippen molar-refractivity contribution in [3.63, 3.8) is 0 Å². The highest BCUT2D eigenvalue weighted by Crippen LogP contribution is 2.46. The highest BCUT2D eigenvalue weighted by atomic mass is 16.6. The van der Waals surface area contributed by atoms with Crippen molar-refractivity contribution in [1.82, 2.24) is 10.2 Å². The number of carbonyl (C=O) groups is 3. The molecule has 1 N–H and O–H groups in total. The minimum Gasteiger partial charge on any atom is -0.469 e. The van der Waals surface area contributed by atoms with Crippen molar-refractivity contribution in [1.29, 1.82) is 0 Å². The zero-order valence-electron chi connectivity index (χ0n) is 18.5. The maximum atomic E-state index is 12.4. The fourth-order valence-corrected chi connectivity index (χ4v) is 3.62. The number of ether oxygens (including phenoxy) is 2. The van der Waals surface area contributed by atoms with E-state index in [9.17, 15) is 14.4 Å². The van der Waals surface area contributed by atoms with Gasteiger partial charge in [0, 0.05) is 18.5 Å². The quantitative estimate of drug-likeness (QED) is 0.567. The Bertz CT molecular complexity index is 773. The number of hydrogen-bond donors (Lipinski definition) is 1. The van der Waals surface area contributed by atoms with E-state index in [4.69, 9.17) is 11.3 Å². The molecule has 30 heavy (non-hydrogen) atoms. The van der Waals surface area contributed by atoms with Gasteiger partial charge in [-0.15, -0.1) is 0 Å². The Labute approximate surface area is 178 Å². The minimum atomic E-state index is -0.586. The van der Waals surface area contributed by atoms with E-state index in [1.807, 2.05) is 44.2 Å². The molecule has 1 fully saturated rings. The van der Waals surface area contributed by atoms with Crippen molar-refractivity contribution < 1.29 is 23.9 Å². The van der Waals surface area contributed by atoms with Crippen LogP contribution in [0.1, 0.15) is 45.2 Å². The number of rotatable bonds is 6. The number of methoxy groups -OCH3 is 1. The summed E-state index contributed by atoms with van der Waals surface area (Å²) in [6.07, 6.45) is -0.923. The fourth-order valence-electron chi connectivity index (χ4n) is 3.62. The van der Waals surface area contributed by atoms with Crippen molar-refractivity contribution in [2.75, 3.05) is 21.2 Å². The molecule has 0 bridgehead atoms. The molecular formula is C22H31N3O5. The molecule has 0 aliphatic carbocycles. The Hall–Kier alpha value is -3.08. The van der Waals surface area contributed by atoms with Crippen molar-refractivity contribution in [3.05, 3.63) is 47.3 Å². The number of amides is 2. The van der Waals surface area contributed by atoms with Gasteiger partial charge in [0.15, 0.2) is 0 Å². The number of esters is 1. The SMILES string of the molecule is COC(=O)CC(C)NC(=O)CC1OC(=O)N(C)C(c2ccccc2)C1(C)C.[C-]#[N+]C. The summed E-state index contributed by atoms with van der Waals surface area (Å²) in [5.41, 5.74) is 0.499. The summed E-state index contributed by atoms with van der Waals surface area (Å²) in [7, 11) is 4.43. The van der Waals surface area contributed by atoms with Gasteiger partial charge in [-0.05, 0) is 12.5 Å². The summed E-state index contributed by atoms with van der Waals surface area (Å²) < 4.78 is 10.2. The molecule has 1 aromatic rings. The lowest BCUT2D eigenvalue weighted by Crippen LogP contribution is -2.54. The highest BCUT2D eigenvalue weighted by molar-refractivity contribution is 5.79. The summed E-state index contributed by atoms with van der Waals surface area (Å²) in [6.45, 7) is 11.5. The van der Waals surface area contributed by atoms with Crippen LogP contribution in [0.2, 0.25) is 0 Å². The van der Waals surface area contributed by atoms with E-state index in [0.29, 0.717) is 0 Å². The van der Waals surface area contributed by atoms with E-state index in [0.717, 1.165) is 5.56 Å². The Morgan fingerprint density at radius 2 is 1.90 bits per heavy atom. The molecule has 0 saturated carbocycles. The Morgan fingerprint density at radius 3 is 2.43 bits per heavy atom. The Balaban J connectivity index is 0.00000141. The second kappa shape index (κ2) is 11.2. The first-order valence-corrected chi connectivity index (χ1v) is 9.68. The highest BCUT2D eigenvalue weighted by Gasteiger charge is 2.49. The Kier molecular flexibility index (Phi) is 9.31. The maximum absolute atomic E-state index is 12.4. The van der Waals surface area contributed by atoms with Crippen LogP contribution in [-0.4, -0.2) is 56.2 Å². The third-order valence-corrected chi connectivity index (χ3v) is 5.05. The van der Waals surface area contributed by atoms with E-state index in [1.54, 1.807) is 18.9 Å². The molecule has 1 aliphatic heterocycles. The second-order valence-electron chi connectivity index (χ2n) is 7.79. The molecule has 0 radical (unpaired) electrons. The third-order valence-electron chi connectivity index (χ3n) is 5.05. The summed E-state index contributed by atoms with van der Waals surface area (Å²) in [5.74, 6) is -0.661. The van der Waals surface area contributed by atoms with Crippen LogP contribution in [0.5, 0.6) is 0 Å². The summed E-state index contributed by atoms with van der Waals surface area (Å²) >= 11 is 0. The van der Waals surface area contributed by atoms with Gasteiger partial charge in [-0.1, -0.05) is 44.2 Å². The number of nitrogens with zero attached hydrogens (tertiary/aromatic N) is 2. The van der Waals surface area contributed by atoms with Crippen LogP contribution >= 0.6 is 0 Å². The lowest BCUT2D eigenvalue weighted by Gasteiger charge is -2.48. The van der Waals surface area contributed by atoms with E-state index < -0.39 is 23.6 Å². The molecule has 3 unspecified atom stereocenters. The number of nitrogens with one attached hydrogen (secondary N) is 1. The van der Waals surface area contributed by atoms with Gasteiger partial charge in [0.25, 0.3) is 0 Å². The Morgan fingerprint density at radius 1 is 1.33 bits per heavy atom. The van der Waals surface area contributed by atoms with Gasteiger partial charge in [0.1, 0.15) is 6.10 Å². The van der Waals surface area contributed by atoms with Crippen LogP contribution in [-0.2, 0) is 19.1 Å². The van der Waals surface area contributed by atoms with Gasteiger partial charge in [-0.3, -0.25) is 9.59 Å². The lowest BCUT2D eigenvalue weighted by molar-refractivity contribution is -0.141. The predicted molar refractivity (Wildman–Crippen MR) is 112 cm³/mol. The minimum absolute atomic E-state index is 0.0292. The molecule has 1 aromatic carbocycles. The van der Waals surface area contributed by atoms with Crippen LogP contribution in [0, 0.1) is 12.0 Å². The van der Waals surface area contributed by atoms with Gasteiger partial charge < -0.3 is 24.5 Å². The summed E-state index contributed by atoms with van der Waals surface area (Å²) in [6, 6.07) is 9.13. The number of cyclic esters (lactones) is 1. The van der Waals surface area contributed by atoms with Crippen LogP contribution in [0.3, 0.4) is 0 Å². The van der Waals surface area contributed by atoms with Gasteiger partial charge in [0.05, 0.1) is 26.0 Å². The van der Waals surface area contributed by atoms with Crippen molar-refractivity contribution in [2.45, 2.75) is 51.8 Å². The molecule has 1 heterocycles. The largest absolute Gasteiger partial charge is 0.469 e. The number of hydrogen-bond acceptors (Lipinski definition) is 5. The van der Waals surface area contributed by atoms with Crippen LogP contribution < -0.4 is 5.32 Å². The molecule has 164 valence electrons. The zero-order valence-corrected chi connectivity index (χ0v) is 18.5. The maximum Gasteiger partial charge on any atom is 0.410 e. The molecule has 2 rings (SSSR count). The van der Waals surface area contributed by atoms with E-state index >= 15 is 0 Å². The van der Waals surface area contributed by atoms with Gasteiger partial charge in [-0.2, -0.15) is 0 Å². The molecule has 2 amide bonds. The molecule has 1 aliphatic rings. The van der Waals surface area contributed by atoms with Crippen LogP contribution in [0.15, 0.2) is 30.3 Å². The van der Waals surface area contributed by atoms with Crippen molar-refractivity contribution >= 4 is 18.0 Å². The first kappa shape index (κ1) is 25.0. The average Bonchev–Trinajstić information content (AvgIpc) is 2.67. The first-order valence-electron chi connectivity index (χ1n) is 9.68. The van der Waals surface area contributed by atoms with Crippen LogP contribution in [0.4, 0.5) is 4.79 Å². The second-order valence-corrected chi connectivity index (χ2v) is 7.79. The van der Waals surface area contributed by atoms with Gasteiger partial charge in [-0.25, -0.2) is 11.4 Å². The summed E-state index contributed by atoms with van der Waals surface area (Å²) in [5, 5.41) is 2.77. The first-order chi connectivity index (χ1) is 14.1. The molecular weight excluding hydrogens is 386 g/mol. The predicted octanol–water partition coefficient (Wildman–Crippen LogP) is 3.20. The number of benzene rings is 1. The smallest absolute Gasteiger partial charge is 0.410 e. The topological polar surface area (TPSA) is 89.3 Å². The van der Waals surface area contributed by atoms with Gasteiger partial charge >= 0.3 is 12.1 Å². The van der Waals surface area contributed by atoms with E-state index in [-0.39, 0.29) is 30.8 Å². The molecule has 0 aromatic heterocycles. The van der Waals surface area contributed by atoms with E-state index in [1.165, 1.54) is 14.2 Å². The normalized spacial score (nSPS) is 20.6. The molecule has 1 saturated heterocycles. The van der Waals surface area contributed by atoms with Gasteiger partial charge in [0.2, 0.25) is 13.0 Å². The lowest BCUT2D eigenvalue weighted by atomic mass is 9.73. The molecule has 8 heteroatoms. The molecule has 8 nitrogen and oxygen atoms in total. The zero-order chi connectivity index (χ0) is 22.9. The third kappa shape index (κ3) is 6.48. The number of carbonyl (C=O) groups excluding carboxylic acids is 3. The van der Waals surface area contributed by atoms with E-state index in [2.05, 4.69) is 14.9 Å². The van der Waals surface area contributed by atoms with Crippen LogP contribution in [0.25, 0.3) is 4.85 Å². The van der Waals surface area contributed by atoms with Crippen molar-refractivity contribution in [3.8, 4) is 0 Å².